The Kier molecular flexibility index (Phi) is 13.2. The van der Waals surface area contributed by atoms with Gasteiger partial charge in [0.05, 0.1) is 36.6 Å². The fraction of sp³-hybridized carbons (Fsp3) is 0.412. The number of hydrogen-bond donors (Lipinski definition) is 4. The van der Waals surface area contributed by atoms with Gasteiger partial charge in [-0.2, -0.15) is 0 Å². The molecule has 35 heavy (non-hydrogen) atoms. The van der Waals surface area contributed by atoms with Crippen LogP contribution in [0.3, 0.4) is 0 Å². The van der Waals surface area contributed by atoms with E-state index in [1.165, 1.54) is 0 Å². The molecule has 198 valence electrons. The maximum Gasteiger partial charge on any atom is 0.339 e. The summed E-state index contributed by atoms with van der Waals surface area (Å²) in [5.74, 6) is -7.11. The zero-order valence-electron chi connectivity index (χ0n) is 16.7. The smallest absolute Gasteiger partial charge is 0.339 e. The largest absolute Gasteiger partial charge is 0.479 e. The van der Waals surface area contributed by atoms with Gasteiger partial charge in [0.25, 0.3) is 4.87 Å². The molecule has 1 rings (SSSR count). The topological polar surface area (TPSA) is 149 Å². The van der Waals surface area contributed by atoms with Gasteiger partial charge in [-0.1, -0.05) is 118 Å². The van der Waals surface area contributed by atoms with E-state index in [4.69, 9.17) is 136 Å². The highest BCUT2D eigenvalue weighted by atomic mass is 35.5. The average molecular weight is 699 g/mol. The third-order valence-corrected chi connectivity index (χ3v) is 10.1. The zero-order valence-corrected chi connectivity index (χ0v) is 24.3. The molecule has 0 aliphatic carbocycles. The van der Waals surface area contributed by atoms with Crippen LogP contribution in [0.15, 0.2) is 0 Å². The Morgan fingerprint density at radius 3 is 1.26 bits per heavy atom. The molecule has 0 saturated carbocycles. The summed E-state index contributed by atoms with van der Waals surface area (Å²) in [5, 5.41) is 33.0. The van der Waals surface area contributed by atoms with E-state index in [1.54, 1.807) is 6.92 Å². The van der Waals surface area contributed by atoms with Crippen molar-refractivity contribution < 1.29 is 39.6 Å². The summed E-state index contributed by atoms with van der Waals surface area (Å²) in [4.78, 5) is 40.7. The first kappa shape index (κ1) is 35.0. The van der Waals surface area contributed by atoms with Crippen LogP contribution in [0.25, 0.3) is 0 Å². The molecular formula is C17H12Cl10O8. The lowest BCUT2D eigenvalue weighted by atomic mass is 9.97. The Morgan fingerprint density at radius 2 is 1.03 bits per heavy atom. The van der Waals surface area contributed by atoms with Crippen LogP contribution in [0, 0.1) is 0 Å². The molecule has 1 aromatic rings. The SMILES string of the molecule is CCCC(Cl)C(Cl)(Cl)C(Cl)(Cl)C(Cl)(C(=O)O)C(=O)O.O=C(O)c1c(Cl)c(Cl)c(Cl)c(Cl)c1C(=O)O. The Bertz CT molecular complexity index is 968. The zero-order chi connectivity index (χ0) is 28.3. The van der Waals surface area contributed by atoms with E-state index in [9.17, 15) is 19.2 Å². The van der Waals surface area contributed by atoms with Gasteiger partial charge in [0.1, 0.15) is 0 Å². The lowest BCUT2D eigenvalue weighted by Gasteiger charge is -2.41. The van der Waals surface area contributed by atoms with Gasteiger partial charge < -0.3 is 20.4 Å². The highest BCUT2D eigenvalue weighted by Crippen LogP contribution is 2.56. The fourth-order valence-corrected chi connectivity index (χ4v) is 5.10. The number of carboxylic acids is 4. The number of rotatable bonds is 9. The molecule has 0 saturated heterocycles. The Hall–Kier alpha value is -0.000000000000000111. The maximum atomic E-state index is 11.1. The Morgan fingerprint density at radius 1 is 0.714 bits per heavy atom. The van der Waals surface area contributed by atoms with Crippen molar-refractivity contribution in [2.75, 3.05) is 0 Å². The molecule has 0 aliphatic heterocycles. The summed E-state index contributed by atoms with van der Waals surface area (Å²) >= 11 is 57.2. The molecule has 1 atom stereocenters. The molecule has 1 unspecified atom stereocenters. The third-order valence-electron chi connectivity index (χ3n) is 4.07. The van der Waals surface area contributed by atoms with Crippen LogP contribution in [-0.2, 0) is 9.59 Å². The van der Waals surface area contributed by atoms with Crippen LogP contribution < -0.4 is 0 Å². The predicted molar refractivity (Wildman–Crippen MR) is 138 cm³/mol. The van der Waals surface area contributed by atoms with Crippen LogP contribution in [0.4, 0.5) is 0 Å². The van der Waals surface area contributed by atoms with Crippen molar-refractivity contribution in [1.82, 2.24) is 0 Å². The second-order valence-electron chi connectivity index (χ2n) is 6.34. The van der Waals surface area contributed by atoms with Gasteiger partial charge in [-0.3, -0.25) is 0 Å². The number of carboxylic acid groups (broad SMARTS) is 4. The molecule has 0 aromatic heterocycles. The van der Waals surface area contributed by atoms with Crippen molar-refractivity contribution in [2.45, 2.75) is 38.7 Å². The first-order valence-electron chi connectivity index (χ1n) is 8.53. The number of halogens is 10. The normalized spacial score (nSPS) is 12.9. The first-order valence-corrected chi connectivity index (χ1v) is 12.4. The highest BCUT2D eigenvalue weighted by molar-refractivity contribution is 6.70. The van der Waals surface area contributed by atoms with Gasteiger partial charge >= 0.3 is 23.9 Å². The molecular weight excluding hydrogens is 687 g/mol. The van der Waals surface area contributed by atoms with Gasteiger partial charge in [-0.05, 0) is 6.42 Å². The second kappa shape index (κ2) is 13.2. The van der Waals surface area contributed by atoms with E-state index in [2.05, 4.69) is 0 Å². The summed E-state index contributed by atoms with van der Waals surface area (Å²) in [7, 11) is 0. The van der Waals surface area contributed by atoms with E-state index < -0.39 is 64.0 Å². The summed E-state index contributed by atoms with van der Waals surface area (Å²) in [6.07, 6.45) is 0.761. The Labute approximate surface area is 247 Å². The second-order valence-corrected chi connectivity index (χ2v) is 11.7. The molecule has 0 bridgehead atoms. The standard InChI is InChI=1S/C9H10Cl6O4.C8H2Cl4O4/c1-2-3-4(10)8(12,13)9(14,15)7(11,5(16)17)6(18)19;9-3-1(7(13)14)2(8(15)16)4(10)6(12)5(3)11/h4H,2-3H2,1H3,(H,16,17)(H,18,19);(H,13,14)(H,15,16). The summed E-state index contributed by atoms with van der Waals surface area (Å²) in [6, 6.07) is 0. The minimum Gasteiger partial charge on any atom is -0.479 e. The number of alkyl halides is 6. The van der Waals surface area contributed by atoms with Crippen molar-refractivity contribution in [1.29, 1.82) is 0 Å². The van der Waals surface area contributed by atoms with Crippen molar-refractivity contribution in [3.63, 3.8) is 0 Å². The molecule has 0 heterocycles. The van der Waals surface area contributed by atoms with Gasteiger partial charge in [0.15, 0.2) is 8.67 Å². The number of carbonyl (C=O) groups is 4. The lowest BCUT2D eigenvalue weighted by Crippen LogP contribution is -2.63. The summed E-state index contributed by atoms with van der Waals surface area (Å²) in [6.45, 7) is 1.76. The van der Waals surface area contributed by atoms with Crippen LogP contribution in [0.2, 0.25) is 20.1 Å². The number of hydrogen-bond acceptors (Lipinski definition) is 4. The minimum absolute atomic E-state index is 0.224. The molecule has 0 amide bonds. The van der Waals surface area contributed by atoms with E-state index in [1.807, 2.05) is 0 Å². The van der Waals surface area contributed by atoms with Crippen molar-refractivity contribution in [3.05, 3.63) is 31.2 Å². The van der Waals surface area contributed by atoms with Gasteiger partial charge in [-0.25, -0.2) is 19.2 Å². The molecule has 0 fully saturated rings. The quantitative estimate of drug-likeness (QED) is 0.0893. The molecule has 8 nitrogen and oxygen atoms in total. The van der Waals surface area contributed by atoms with Crippen molar-refractivity contribution in [3.8, 4) is 0 Å². The number of benzene rings is 1. The lowest BCUT2D eigenvalue weighted by molar-refractivity contribution is -0.153. The number of aliphatic carboxylic acids is 2. The van der Waals surface area contributed by atoms with Crippen molar-refractivity contribution >= 4 is 140 Å². The molecule has 18 heteroatoms. The Balaban J connectivity index is 0.000000669. The first-order chi connectivity index (χ1) is 15.7. The minimum atomic E-state index is -3.15. The van der Waals surface area contributed by atoms with Crippen molar-refractivity contribution in [2.24, 2.45) is 0 Å². The molecule has 0 radical (unpaired) electrons. The fourth-order valence-electron chi connectivity index (χ4n) is 2.25. The predicted octanol–water partition coefficient (Wildman–Crippen LogP) is 7.59. The summed E-state index contributed by atoms with van der Waals surface area (Å²) in [5.41, 5.74) is -1.37. The average Bonchev–Trinajstić information content (AvgIpc) is 2.73. The van der Waals surface area contributed by atoms with Crippen LogP contribution in [0.1, 0.15) is 40.5 Å². The maximum absolute atomic E-state index is 11.1. The molecule has 0 aliphatic rings. The van der Waals surface area contributed by atoms with Gasteiger partial charge in [0, 0.05) is 0 Å². The monoisotopic (exact) mass is 694 g/mol. The molecule has 1 aromatic carbocycles. The molecule has 0 spiro atoms. The van der Waals surface area contributed by atoms with Gasteiger partial charge in [0.2, 0.25) is 0 Å². The highest BCUT2D eigenvalue weighted by Gasteiger charge is 2.71. The van der Waals surface area contributed by atoms with E-state index in [0.29, 0.717) is 6.42 Å². The van der Waals surface area contributed by atoms with Crippen LogP contribution >= 0.6 is 116 Å². The van der Waals surface area contributed by atoms with Crippen LogP contribution in [-0.4, -0.2) is 63.2 Å². The van der Waals surface area contributed by atoms with E-state index in [0.717, 1.165) is 0 Å². The van der Waals surface area contributed by atoms with Gasteiger partial charge in [-0.15, -0.1) is 11.6 Å². The summed E-state index contributed by atoms with van der Waals surface area (Å²) < 4.78 is -5.07. The molecule has 4 N–H and O–H groups in total. The van der Waals surface area contributed by atoms with E-state index >= 15 is 0 Å². The van der Waals surface area contributed by atoms with Crippen LogP contribution in [0.5, 0.6) is 0 Å². The van der Waals surface area contributed by atoms with E-state index in [-0.39, 0.29) is 16.5 Å². The third kappa shape index (κ3) is 6.91. The number of aromatic carboxylic acids is 2.